The van der Waals surface area contributed by atoms with E-state index in [-0.39, 0.29) is 18.9 Å². The number of nitro benzene ring substituents is 1. The standard InChI is InChI=1S/C17H15N3O6/c21-16(19-22)15-10-26-17(18-15)12-6-4-11(5-7-12)9-25-14-3-1-2-13(8-14)20(23)24/h1-8,15,22H,9-10H2,(H,19,21)/t15-/m1/s1. The van der Waals surface area contributed by atoms with Crippen molar-refractivity contribution in [2.45, 2.75) is 12.6 Å². The second-order valence-corrected chi connectivity index (χ2v) is 5.48. The first-order chi connectivity index (χ1) is 12.6. The Hall–Kier alpha value is -3.46. The summed E-state index contributed by atoms with van der Waals surface area (Å²) < 4.78 is 10.9. The number of aliphatic imine (C=N–C) groups is 1. The van der Waals surface area contributed by atoms with Crippen LogP contribution >= 0.6 is 0 Å². The molecule has 3 rings (SSSR count). The van der Waals surface area contributed by atoms with Crippen LogP contribution in [0.3, 0.4) is 0 Å². The van der Waals surface area contributed by atoms with Crippen LogP contribution in [0.15, 0.2) is 53.5 Å². The summed E-state index contributed by atoms with van der Waals surface area (Å²) in [7, 11) is 0. The van der Waals surface area contributed by atoms with Gasteiger partial charge in [-0.15, -0.1) is 0 Å². The van der Waals surface area contributed by atoms with Crippen molar-refractivity contribution in [2.24, 2.45) is 4.99 Å². The molecule has 0 spiro atoms. The highest BCUT2D eigenvalue weighted by Gasteiger charge is 2.26. The molecule has 9 nitrogen and oxygen atoms in total. The molecule has 1 aliphatic rings. The largest absolute Gasteiger partial charge is 0.489 e. The molecule has 2 N–H and O–H groups in total. The van der Waals surface area contributed by atoms with Gasteiger partial charge < -0.3 is 9.47 Å². The summed E-state index contributed by atoms with van der Waals surface area (Å²) in [5.74, 6) is 0.108. The number of non-ortho nitro benzene ring substituents is 1. The van der Waals surface area contributed by atoms with Crippen LogP contribution in [0.1, 0.15) is 11.1 Å². The van der Waals surface area contributed by atoms with Gasteiger partial charge in [0.2, 0.25) is 5.90 Å². The number of amides is 1. The van der Waals surface area contributed by atoms with E-state index in [1.165, 1.54) is 12.1 Å². The second kappa shape index (κ2) is 7.62. The van der Waals surface area contributed by atoms with Gasteiger partial charge >= 0.3 is 0 Å². The third-order valence-corrected chi connectivity index (χ3v) is 3.70. The lowest BCUT2D eigenvalue weighted by molar-refractivity contribution is -0.384. The maximum atomic E-state index is 11.3. The highest BCUT2D eigenvalue weighted by molar-refractivity contribution is 5.98. The molecule has 134 valence electrons. The summed E-state index contributed by atoms with van der Waals surface area (Å²) in [6.07, 6.45) is 0. The fourth-order valence-corrected chi connectivity index (χ4v) is 2.34. The molecule has 0 bridgehead atoms. The number of nitro groups is 1. The van der Waals surface area contributed by atoms with Crippen LogP contribution in [0, 0.1) is 10.1 Å². The minimum Gasteiger partial charge on any atom is -0.489 e. The molecule has 1 atom stereocenters. The number of hydrogen-bond acceptors (Lipinski definition) is 7. The molecule has 0 aromatic heterocycles. The van der Waals surface area contributed by atoms with Gasteiger partial charge in [-0.05, 0) is 23.8 Å². The number of ether oxygens (including phenoxy) is 2. The summed E-state index contributed by atoms with van der Waals surface area (Å²) in [6, 6.07) is 12.3. The van der Waals surface area contributed by atoms with E-state index in [9.17, 15) is 14.9 Å². The van der Waals surface area contributed by atoms with Crippen molar-refractivity contribution in [2.75, 3.05) is 6.61 Å². The molecule has 2 aromatic carbocycles. The Balaban J connectivity index is 1.63. The average molecular weight is 357 g/mol. The Morgan fingerprint density at radius 3 is 2.81 bits per heavy atom. The van der Waals surface area contributed by atoms with Gasteiger partial charge in [0.15, 0.2) is 6.04 Å². The molecular formula is C17H15N3O6. The Morgan fingerprint density at radius 2 is 2.12 bits per heavy atom. The molecule has 2 aromatic rings. The van der Waals surface area contributed by atoms with E-state index in [2.05, 4.69) is 4.99 Å². The van der Waals surface area contributed by atoms with Gasteiger partial charge in [0.1, 0.15) is 19.0 Å². The van der Waals surface area contributed by atoms with Crippen molar-refractivity contribution in [3.63, 3.8) is 0 Å². The summed E-state index contributed by atoms with van der Waals surface area (Å²) in [5.41, 5.74) is 3.06. The molecule has 1 aliphatic heterocycles. The second-order valence-electron chi connectivity index (χ2n) is 5.48. The molecule has 0 unspecified atom stereocenters. The molecule has 0 saturated carbocycles. The van der Waals surface area contributed by atoms with Gasteiger partial charge in [-0.3, -0.25) is 20.1 Å². The van der Waals surface area contributed by atoms with Crippen molar-refractivity contribution < 1.29 is 24.4 Å². The van der Waals surface area contributed by atoms with E-state index in [4.69, 9.17) is 14.7 Å². The molecule has 0 fully saturated rings. The maximum absolute atomic E-state index is 11.3. The molecule has 1 heterocycles. The van der Waals surface area contributed by atoms with Gasteiger partial charge in [-0.25, -0.2) is 10.5 Å². The predicted octanol–water partition coefficient (Wildman–Crippen LogP) is 1.82. The first-order valence-electron chi connectivity index (χ1n) is 7.68. The zero-order valence-electron chi connectivity index (χ0n) is 13.5. The van der Waals surface area contributed by atoms with Crippen molar-refractivity contribution >= 4 is 17.5 Å². The third kappa shape index (κ3) is 3.95. The van der Waals surface area contributed by atoms with E-state index in [1.807, 2.05) is 0 Å². The zero-order chi connectivity index (χ0) is 18.5. The Labute approximate surface area is 148 Å². The predicted molar refractivity (Wildman–Crippen MR) is 90.1 cm³/mol. The van der Waals surface area contributed by atoms with E-state index < -0.39 is 16.9 Å². The number of nitrogens with one attached hydrogen (secondary N) is 1. The fraction of sp³-hybridized carbons (Fsp3) is 0.176. The van der Waals surface area contributed by atoms with Crippen molar-refractivity contribution in [3.05, 3.63) is 69.8 Å². The Morgan fingerprint density at radius 1 is 1.35 bits per heavy atom. The lowest BCUT2D eigenvalue weighted by Gasteiger charge is -2.07. The molecule has 0 saturated heterocycles. The van der Waals surface area contributed by atoms with E-state index in [0.717, 1.165) is 5.56 Å². The SMILES string of the molecule is O=C(NO)[C@H]1COC(c2ccc(COc3cccc([N+](=O)[O-])c3)cc2)=N1. The van der Waals surface area contributed by atoms with Gasteiger partial charge in [-0.1, -0.05) is 18.2 Å². The number of rotatable bonds is 6. The van der Waals surface area contributed by atoms with Crippen molar-refractivity contribution in [1.29, 1.82) is 0 Å². The van der Waals surface area contributed by atoms with Crippen LogP contribution in [-0.4, -0.2) is 34.6 Å². The van der Waals surface area contributed by atoms with Crippen LogP contribution in [0.4, 0.5) is 5.69 Å². The minimum absolute atomic E-state index is 0.0317. The number of benzene rings is 2. The summed E-state index contributed by atoms with van der Waals surface area (Å²) in [4.78, 5) is 25.7. The first kappa shape index (κ1) is 17.4. The first-order valence-corrected chi connectivity index (χ1v) is 7.68. The lowest BCUT2D eigenvalue weighted by atomic mass is 10.1. The van der Waals surface area contributed by atoms with Gasteiger partial charge in [0.05, 0.1) is 11.0 Å². The van der Waals surface area contributed by atoms with Crippen LogP contribution in [0.2, 0.25) is 0 Å². The third-order valence-electron chi connectivity index (χ3n) is 3.70. The molecule has 26 heavy (non-hydrogen) atoms. The molecule has 9 heteroatoms. The number of hydrogen-bond donors (Lipinski definition) is 2. The summed E-state index contributed by atoms with van der Waals surface area (Å²) >= 11 is 0. The highest BCUT2D eigenvalue weighted by atomic mass is 16.6. The van der Waals surface area contributed by atoms with E-state index in [0.29, 0.717) is 17.2 Å². The summed E-state index contributed by atoms with van der Waals surface area (Å²) in [5, 5.41) is 19.4. The average Bonchev–Trinajstić information content (AvgIpc) is 3.16. The highest BCUT2D eigenvalue weighted by Crippen LogP contribution is 2.20. The molecule has 0 aliphatic carbocycles. The minimum atomic E-state index is -0.771. The van der Waals surface area contributed by atoms with Gasteiger partial charge in [0, 0.05) is 11.6 Å². The fourth-order valence-electron chi connectivity index (χ4n) is 2.34. The van der Waals surface area contributed by atoms with Crippen LogP contribution in [0.25, 0.3) is 0 Å². The maximum Gasteiger partial charge on any atom is 0.273 e. The van der Waals surface area contributed by atoms with Crippen LogP contribution in [-0.2, 0) is 16.1 Å². The normalized spacial score (nSPS) is 15.7. The Bertz CT molecular complexity index is 850. The lowest BCUT2D eigenvalue weighted by Crippen LogP contribution is -2.31. The zero-order valence-corrected chi connectivity index (χ0v) is 13.5. The van der Waals surface area contributed by atoms with Gasteiger partial charge in [0.25, 0.3) is 11.6 Å². The number of hydroxylamine groups is 1. The topological polar surface area (TPSA) is 123 Å². The summed E-state index contributed by atoms with van der Waals surface area (Å²) in [6.45, 7) is 0.309. The molecular weight excluding hydrogens is 342 g/mol. The Kier molecular flexibility index (Phi) is 5.09. The van der Waals surface area contributed by atoms with Crippen molar-refractivity contribution in [3.8, 4) is 5.75 Å². The number of carbonyl (C=O) groups is 1. The van der Waals surface area contributed by atoms with E-state index >= 15 is 0 Å². The molecule has 0 radical (unpaired) electrons. The van der Waals surface area contributed by atoms with Crippen LogP contribution in [0.5, 0.6) is 5.75 Å². The van der Waals surface area contributed by atoms with Crippen molar-refractivity contribution in [1.82, 2.24) is 5.48 Å². The quantitative estimate of drug-likeness (QED) is 0.462. The number of nitrogens with zero attached hydrogens (tertiary/aromatic N) is 2. The van der Waals surface area contributed by atoms with Crippen LogP contribution < -0.4 is 10.2 Å². The molecule has 1 amide bonds. The number of carbonyl (C=O) groups excluding carboxylic acids is 1. The smallest absolute Gasteiger partial charge is 0.273 e. The monoisotopic (exact) mass is 357 g/mol. The van der Waals surface area contributed by atoms with E-state index in [1.54, 1.807) is 41.9 Å². The van der Waals surface area contributed by atoms with Gasteiger partial charge in [-0.2, -0.15) is 0 Å².